The third-order valence-electron chi connectivity index (χ3n) is 3.82. The fraction of sp³-hybridized carbons (Fsp3) is 0.429. The normalized spacial score (nSPS) is 26.7. The van der Waals surface area contributed by atoms with E-state index in [4.69, 9.17) is 15.9 Å². The molecule has 5 nitrogen and oxygen atoms in total. The van der Waals surface area contributed by atoms with Crippen LogP contribution in [0.25, 0.3) is 0 Å². The van der Waals surface area contributed by atoms with Gasteiger partial charge in [-0.25, -0.2) is 0 Å². The zero-order valence-corrected chi connectivity index (χ0v) is 10.4. The van der Waals surface area contributed by atoms with Crippen LogP contribution >= 0.6 is 0 Å². The Morgan fingerprint density at radius 3 is 2.37 bits per heavy atom. The van der Waals surface area contributed by atoms with E-state index < -0.39 is 29.8 Å². The molecule has 102 valence electrons. The SMILES string of the molecule is NC(C(=O)O)[C@H]1[C@@H](CCc2ccccc2)[C@@H]1C(=O)O. The lowest BCUT2D eigenvalue weighted by Gasteiger charge is -2.05. The van der Waals surface area contributed by atoms with Gasteiger partial charge < -0.3 is 15.9 Å². The highest BCUT2D eigenvalue weighted by atomic mass is 16.4. The first-order valence-electron chi connectivity index (χ1n) is 6.27. The number of carboxylic acids is 2. The van der Waals surface area contributed by atoms with Crippen LogP contribution in [0.1, 0.15) is 12.0 Å². The summed E-state index contributed by atoms with van der Waals surface area (Å²) in [6.45, 7) is 0. The Balaban J connectivity index is 1.96. The van der Waals surface area contributed by atoms with E-state index in [9.17, 15) is 9.59 Å². The molecule has 1 fully saturated rings. The predicted octanol–water partition coefficient (Wildman–Crippen LogP) is 0.978. The van der Waals surface area contributed by atoms with Crippen molar-refractivity contribution in [3.63, 3.8) is 0 Å². The number of carboxylic acid groups (broad SMARTS) is 2. The van der Waals surface area contributed by atoms with Crippen molar-refractivity contribution in [3.8, 4) is 0 Å². The Labute approximate surface area is 111 Å². The second kappa shape index (κ2) is 5.40. The number of aryl methyl sites for hydroxylation is 1. The first kappa shape index (κ1) is 13.5. The zero-order chi connectivity index (χ0) is 14.0. The number of nitrogens with two attached hydrogens (primary N) is 1. The first-order chi connectivity index (χ1) is 9.02. The first-order valence-corrected chi connectivity index (χ1v) is 6.27. The largest absolute Gasteiger partial charge is 0.481 e. The van der Waals surface area contributed by atoms with Crippen molar-refractivity contribution < 1.29 is 19.8 Å². The van der Waals surface area contributed by atoms with Gasteiger partial charge in [-0.05, 0) is 24.3 Å². The Morgan fingerprint density at radius 1 is 1.21 bits per heavy atom. The summed E-state index contributed by atoms with van der Waals surface area (Å²) in [7, 11) is 0. The number of benzene rings is 1. The minimum absolute atomic E-state index is 0.135. The molecule has 4 atom stereocenters. The maximum Gasteiger partial charge on any atom is 0.320 e. The van der Waals surface area contributed by atoms with E-state index in [2.05, 4.69) is 0 Å². The molecule has 1 saturated carbocycles. The van der Waals surface area contributed by atoms with Crippen molar-refractivity contribution in [3.05, 3.63) is 35.9 Å². The molecule has 0 aromatic heterocycles. The molecule has 0 heterocycles. The highest BCUT2D eigenvalue weighted by molar-refractivity contribution is 5.80. The van der Waals surface area contributed by atoms with E-state index in [-0.39, 0.29) is 5.92 Å². The highest BCUT2D eigenvalue weighted by Gasteiger charge is 2.58. The van der Waals surface area contributed by atoms with Crippen molar-refractivity contribution in [2.75, 3.05) is 0 Å². The van der Waals surface area contributed by atoms with E-state index in [0.717, 1.165) is 12.0 Å². The van der Waals surface area contributed by atoms with Crippen LogP contribution in [0, 0.1) is 17.8 Å². The van der Waals surface area contributed by atoms with Gasteiger partial charge in [-0.15, -0.1) is 0 Å². The molecular formula is C14H17NO4. The lowest BCUT2D eigenvalue weighted by atomic mass is 10.0. The molecule has 0 radical (unpaired) electrons. The molecule has 0 aliphatic heterocycles. The van der Waals surface area contributed by atoms with Crippen LogP contribution in [0.15, 0.2) is 30.3 Å². The smallest absolute Gasteiger partial charge is 0.320 e. The van der Waals surface area contributed by atoms with Crippen molar-refractivity contribution in [1.29, 1.82) is 0 Å². The van der Waals surface area contributed by atoms with E-state index in [0.29, 0.717) is 6.42 Å². The molecule has 0 amide bonds. The molecule has 1 aromatic rings. The van der Waals surface area contributed by atoms with E-state index in [1.165, 1.54) is 0 Å². The van der Waals surface area contributed by atoms with Crippen LogP contribution in [0.4, 0.5) is 0 Å². The van der Waals surface area contributed by atoms with Crippen LogP contribution in [0.5, 0.6) is 0 Å². The third-order valence-corrected chi connectivity index (χ3v) is 3.82. The standard InChI is InChI=1S/C14H17NO4/c15-12(14(18)19)10-9(11(10)13(16)17)7-6-8-4-2-1-3-5-8/h1-5,9-12H,6-7,15H2,(H,16,17)(H,18,19)/t9-,10+,11+,12?/m1/s1. The molecule has 1 aliphatic rings. The summed E-state index contributed by atoms with van der Waals surface area (Å²) in [4.78, 5) is 21.9. The number of rotatable bonds is 6. The Kier molecular flexibility index (Phi) is 3.85. The van der Waals surface area contributed by atoms with Gasteiger partial charge >= 0.3 is 11.9 Å². The van der Waals surface area contributed by atoms with Gasteiger partial charge in [-0.3, -0.25) is 9.59 Å². The van der Waals surface area contributed by atoms with Crippen molar-refractivity contribution in [2.45, 2.75) is 18.9 Å². The van der Waals surface area contributed by atoms with E-state index in [1.54, 1.807) is 0 Å². The molecule has 0 saturated heterocycles. The maximum atomic E-state index is 11.1. The van der Waals surface area contributed by atoms with Gasteiger partial charge in [0.1, 0.15) is 6.04 Å². The molecule has 19 heavy (non-hydrogen) atoms. The molecule has 0 spiro atoms. The zero-order valence-electron chi connectivity index (χ0n) is 10.4. The molecule has 5 heteroatoms. The Morgan fingerprint density at radius 2 is 1.84 bits per heavy atom. The number of hydrogen-bond acceptors (Lipinski definition) is 3. The molecule has 1 aromatic carbocycles. The molecule has 1 aliphatic carbocycles. The minimum Gasteiger partial charge on any atom is -0.481 e. The average molecular weight is 263 g/mol. The second-order valence-corrected chi connectivity index (χ2v) is 4.99. The van der Waals surface area contributed by atoms with Crippen LogP contribution in [-0.2, 0) is 16.0 Å². The van der Waals surface area contributed by atoms with Crippen LogP contribution in [0.2, 0.25) is 0 Å². The van der Waals surface area contributed by atoms with Crippen LogP contribution in [-0.4, -0.2) is 28.2 Å². The summed E-state index contributed by atoms with van der Waals surface area (Å²) >= 11 is 0. The van der Waals surface area contributed by atoms with Crippen molar-refractivity contribution in [1.82, 2.24) is 0 Å². The van der Waals surface area contributed by atoms with Crippen molar-refractivity contribution in [2.24, 2.45) is 23.5 Å². The lowest BCUT2D eigenvalue weighted by molar-refractivity contribution is -0.140. The minimum atomic E-state index is -1.13. The molecule has 1 unspecified atom stereocenters. The summed E-state index contributed by atoms with van der Waals surface area (Å²) in [5, 5.41) is 18.0. The van der Waals surface area contributed by atoms with Crippen molar-refractivity contribution >= 4 is 11.9 Å². The summed E-state index contributed by atoms with van der Waals surface area (Å²) in [6.07, 6.45) is 1.41. The molecule has 4 N–H and O–H groups in total. The fourth-order valence-electron chi connectivity index (χ4n) is 2.75. The van der Waals surface area contributed by atoms with Gasteiger partial charge in [0.05, 0.1) is 5.92 Å². The summed E-state index contributed by atoms with van der Waals surface area (Å²) in [6, 6.07) is 8.65. The summed E-state index contributed by atoms with van der Waals surface area (Å²) < 4.78 is 0. The fourth-order valence-corrected chi connectivity index (χ4v) is 2.75. The topological polar surface area (TPSA) is 101 Å². The predicted molar refractivity (Wildman–Crippen MR) is 68.5 cm³/mol. The summed E-state index contributed by atoms with van der Waals surface area (Å²) in [5.41, 5.74) is 6.67. The van der Waals surface area contributed by atoms with Gasteiger partial charge in [0.15, 0.2) is 0 Å². The van der Waals surface area contributed by atoms with Gasteiger partial charge in [0.25, 0.3) is 0 Å². The van der Waals surface area contributed by atoms with Crippen LogP contribution in [0.3, 0.4) is 0 Å². The highest BCUT2D eigenvalue weighted by Crippen LogP contribution is 2.51. The molecule has 0 bridgehead atoms. The van der Waals surface area contributed by atoms with Gasteiger partial charge in [-0.2, -0.15) is 0 Å². The number of hydrogen-bond donors (Lipinski definition) is 3. The summed E-state index contributed by atoms with van der Waals surface area (Å²) in [5.74, 6) is -3.27. The van der Waals surface area contributed by atoms with E-state index >= 15 is 0 Å². The quantitative estimate of drug-likeness (QED) is 0.710. The maximum absolute atomic E-state index is 11.1. The Hall–Kier alpha value is -1.88. The van der Waals surface area contributed by atoms with Gasteiger partial charge in [-0.1, -0.05) is 30.3 Å². The average Bonchev–Trinajstić information content (AvgIpc) is 3.11. The van der Waals surface area contributed by atoms with E-state index in [1.807, 2.05) is 30.3 Å². The molecular weight excluding hydrogens is 246 g/mol. The second-order valence-electron chi connectivity index (χ2n) is 4.99. The van der Waals surface area contributed by atoms with Crippen LogP contribution < -0.4 is 5.73 Å². The van der Waals surface area contributed by atoms with Gasteiger partial charge in [0.2, 0.25) is 0 Å². The lowest BCUT2D eigenvalue weighted by Crippen LogP contribution is -2.34. The Bertz CT molecular complexity index is 474. The van der Waals surface area contributed by atoms with Gasteiger partial charge in [0, 0.05) is 5.92 Å². The molecule has 2 rings (SSSR count). The number of carbonyl (C=O) groups is 2. The monoisotopic (exact) mass is 263 g/mol. The number of aliphatic carboxylic acids is 2. The third kappa shape index (κ3) is 2.93.